The molecular weight excluding hydrogens is 412 g/mol. The maximum absolute atomic E-state index is 13.3. The lowest BCUT2D eigenvalue weighted by molar-refractivity contribution is 0.0949. The number of hydrogen-bond donors (Lipinski definition) is 2. The SMILES string of the molecule is Cc1ccc(-n2c(N)c(C(=O)NCCN3CCCCC3)c3nc4ccccc4nc32)cc1C. The van der Waals surface area contributed by atoms with E-state index in [-0.39, 0.29) is 5.91 Å². The molecule has 33 heavy (non-hydrogen) atoms. The predicted molar refractivity (Wildman–Crippen MR) is 133 cm³/mol. The monoisotopic (exact) mass is 442 g/mol. The second kappa shape index (κ2) is 8.83. The topological polar surface area (TPSA) is 89.1 Å². The van der Waals surface area contributed by atoms with Crippen molar-refractivity contribution in [1.29, 1.82) is 0 Å². The number of likely N-dealkylation sites (tertiary alicyclic amines) is 1. The van der Waals surface area contributed by atoms with Crippen molar-refractivity contribution in [2.75, 3.05) is 31.9 Å². The molecule has 3 heterocycles. The van der Waals surface area contributed by atoms with E-state index in [0.717, 1.165) is 41.9 Å². The highest BCUT2D eigenvalue weighted by molar-refractivity contribution is 6.11. The van der Waals surface area contributed by atoms with Crippen molar-refractivity contribution in [3.8, 4) is 5.69 Å². The Morgan fingerprint density at radius 2 is 1.73 bits per heavy atom. The molecule has 0 aliphatic carbocycles. The normalized spacial score (nSPS) is 14.7. The molecule has 170 valence electrons. The van der Waals surface area contributed by atoms with Crippen LogP contribution in [0.25, 0.3) is 27.9 Å². The highest BCUT2D eigenvalue weighted by Gasteiger charge is 2.25. The van der Waals surface area contributed by atoms with E-state index in [1.165, 1.54) is 24.8 Å². The van der Waals surface area contributed by atoms with Gasteiger partial charge < -0.3 is 16.0 Å². The highest BCUT2D eigenvalue weighted by Crippen LogP contribution is 2.31. The van der Waals surface area contributed by atoms with Crippen molar-refractivity contribution in [1.82, 2.24) is 24.8 Å². The number of amides is 1. The molecule has 1 fully saturated rings. The Kier molecular flexibility index (Phi) is 5.72. The molecule has 0 bridgehead atoms. The molecule has 3 N–H and O–H groups in total. The van der Waals surface area contributed by atoms with E-state index in [0.29, 0.717) is 29.1 Å². The van der Waals surface area contributed by atoms with Crippen LogP contribution in [0, 0.1) is 13.8 Å². The van der Waals surface area contributed by atoms with Crippen LogP contribution in [0.3, 0.4) is 0 Å². The number of nitrogen functional groups attached to an aromatic ring is 1. The minimum atomic E-state index is -0.207. The van der Waals surface area contributed by atoms with Crippen LogP contribution in [0.4, 0.5) is 5.82 Å². The lowest BCUT2D eigenvalue weighted by Crippen LogP contribution is -2.37. The average molecular weight is 443 g/mol. The summed E-state index contributed by atoms with van der Waals surface area (Å²) in [6.45, 7) is 7.76. The molecule has 0 radical (unpaired) electrons. The minimum Gasteiger partial charge on any atom is -0.384 e. The summed E-state index contributed by atoms with van der Waals surface area (Å²) in [6.07, 6.45) is 3.75. The highest BCUT2D eigenvalue weighted by atomic mass is 16.1. The van der Waals surface area contributed by atoms with Crippen molar-refractivity contribution in [3.05, 3.63) is 59.2 Å². The second-order valence-corrected chi connectivity index (χ2v) is 8.91. The van der Waals surface area contributed by atoms with E-state index < -0.39 is 0 Å². The summed E-state index contributed by atoms with van der Waals surface area (Å²) >= 11 is 0. The van der Waals surface area contributed by atoms with Crippen molar-refractivity contribution in [3.63, 3.8) is 0 Å². The zero-order valence-electron chi connectivity index (χ0n) is 19.3. The molecule has 2 aromatic heterocycles. The lowest BCUT2D eigenvalue weighted by atomic mass is 10.1. The fourth-order valence-electron chi connectivity index (χ4n) is 4.61. The number of nitrogens with one attached hydrogen (secondary N) is 1. The van der Waals surface area contributed by atoms with Gasteiger partial charge in [0.15, 0.2) is 5.65 Å². The summed E-state index contributed by atoms with van der Waals surface area (Å²) in [5, 5.41) is 3.07. The zero-order valence-corrected chi connectivity index (χ0v) is 19.3. The Balaban J connectivity index is 1.56. The third-order valence-electron chi connectivity index (χ3n) is 6.64. The van der Waals surface area contributed by atoms with Gasteiger partial charge in [-0.3, -0.25) is 9.36 Å². The molecule has 7 nitrogen and oxygen atoms in total. The fourth-order valence-corrected chi connectivity index (χ4v) is 4.61. The van der Waals surface area contributed by atoms with Gasteiger partial charge >= 0.3 is 0 Å². The van der Waals surface area contributed by atoms with Gasteiger partial charge in [-0.2, -0.15) is 0 Å². The number of anilines is 1. The van der Waals surface area contributed by atoms with Crippen molar-refractivity contribution in [2.24, 2.45) is 0 Å². The zero-order chi connectivity index (χ0) is 22.9. The first-order valence-electron chi connectivity index (χ1n) is 11.7. The van der Waals surface area contributed by atoms with Crippen LogP contribution in [0.5, 0.6) is 0 Å². The Labute approximate surface area is 193 Å². The number of hydrogen-bond acceptors (Lipinski definition) is 5. The second-order valence-electron chi connectivity index (χ2n) is 8.91. The molecule has 2 aromatic carbocycles. The fraction of sp³-hybridized carbons (Fsp3) is 0.346. The number of nitrogens with two attached hydrogens (primary N) is 1. The summed E-state index contributed by atoms with van der Waals surface area (Å²) in [5.74, 6) is 0.153. The van der Waals surface area contributed by atoms with Gasteiger partial charge in [0.25, 0.3) is 5.91 Å². The quantitative estimate of drug-likeness (QED) is 0.488. The molecule has 1 aliphatic rings. The van der Waals surface area contributed by atoms with Crippen molar-refractivity contribution in [2.45, 2.75) is 33.1 Å². The largest absolute Gasteiger partial charge is 0.384 e. The molecule has 0 unspecified atom stereocenters. The van der Waals surface area contributed by atoms with E-state index >= 15 is 0 Å². The van der Waals surface area contributed by atoms with Crippen LogP contribution in [0.2, 0.25) is 0 Å². The van der Waals surface area contributed by atoms with Gasteiger partial charge in [0, 0.05) is 18.8 Å². The average Bonchev–Trinajstić information content (AvgIpc) is 3.10. The smallest absolute Gasteiger partial charge is 0.257 e. The van der Waals surface area contributed by atoms with E-state index in [1.807, 2.05) is 34.9 Å². The van der Waals surface area contributed by atoms with Gasteiger partial charge in [-0.05, 0) is 75.2 Å². The first-order chi connectivity index (χ1) is 16.0. The number of piperidine rings is 1. The molecule has 1 amide bonds. The molecule has 0 atom stereocenters. The third-order valence-corrected chi connectivity index (χ3v) is 6.64. The first kappa shape index (κ1) is 21.4. The van der Waals surface area contributed by atoms with Gasteiger partial charge in [-0.1, -0.05) is 24.6 Å². The van der Waals surface area contributed by atoms with Crippen LogP contribution in [-0.2, 0) is 0 Å². The maximum Gasteiger partial charge on any atom is 0.257 e. The lowest BCUT2D eigenvalue weighted by Gasteiger charge is -2.26. The third kappa shape index (κ3) is 4.04. The van der Waals surface area contributed by atoms with Gasteiger partial charge in [-0.15, -0.1) is 0 Å². The molecule has 0 saturated carbocycles. The number of rotatable bonds is 5. The number of carbonyl (C=O) groups is 1. The van der Waals surface area contributed by atoms with E-state index in [1.54, 1.807) is 0 Å². The molecular formula is C26H30N6O. The van der Waals surface area contributed by atoms with E-state index in [2.05, 4.69) is 36.2 Å². The van der Waals surface area contributed by atoms with Gasteiger partial charge in [-0.25, -0.2) is 9.97 Å². The van der Waals surface area contributed by atoms with Gasteiger partial charge in [0.05, 0.1) is 11.0 Å². The number of para-hydroxylation sites is 2. The van der Waals surface area contributed by atoms with Crippen LogP contribution in [-0.4, -0.2) is 51.5 Å². The van der Waals surface area contributed by atoms with E-state index in [4.69, 9.17) is 15.7 Å². The molecule has 7 heteroatoms. The van der Waals surface area contributed by atoms with Crippen LogP contribution < -0.4 is 11.1 Å². The van der Waals surface area contributed by atoms with Gasteiger partial charge in [0.2, 0.25) is 0 Å². The number of fused-ring (bicyclic) bond motifs is 2. The molecule has 4 aromatic rings. The van der Waals surface area contributed by atoms with E-state index in [9.17, 15) is 4.79 Å². The summed E-state index contributed by atoms with van der Waals surface area (Å²) < 4.78 is 1.85. The Morgan fingerprint density at radius 3 is 2.45 bits per heavy atom. The molecule has 0 spiro atoms. The van der Waals surface area contributed by atoms with Crippen LogP contribution >= 0.6 is 0 Å². The van der Waals surface area contributed by atoms with Crippen molar-refractivity contribution < 1.29 is 4.79 Å². The maximum atomic E-state index is 13.3. The predicted octanol–water partition coefficient (Wildman–Crippen LogP) is 3.99. The Hall–Kier alpha value is -3.45. The summed E-state index contributed by atoms with van der Waals surface area (Å²) in [6, 6.07) is 13.8. The number of aromatic nitrogens is 3. The molecule has 1 aliphatic heterocycles. The summed E-state index contributed by atoms with van der Waals surface area (Å²) in [5.41, 5.74) is 12.9. The summed E-state index contributed by atoms with van der Waals surface area (Å²) in [4.78, 5) is 25.4. The molecule has 1 saturated heterocycles. The standard InChI is InChI=1S/C26H30N6O/c1-17-10-11-19(16-18(17)2)32-24(27)22(26(33)28-12-15-31-13-6-3-7-14-31)23-25(32)30-21-9-5-4-8-20(21)29-23/h4-5,8-11,16H,3,6-7,12-15,27H2,1-2H3,(H,28,33). The van der Waals surface area contributed by atoms with Crippen LogP contribution in [0.15, 0.2) is 42.5 Å². The molecule has 5 rings (SSSR count). The van der Waals surface area contributed by atoms with Crippen molar-refractivity contribution >= 4 is 33.9 Å². The Bertz CT molecular complexity index is 1340. The number of benzene rings is 2. The Morgan fingerprint density at radius 1 is 1.00 bits per heavy atom. The van der Waals surface area contributed by atoms with Crippen LogP contribution in [0.1, 0.15) is 40.7 Å². The van der Waals surface area contributed by atoms with Gasteiger partial charge in [0.1, 0.15) is 16.9 Å². The number of aryl methyl sites for hydroxylation is 2. The minimum absolute atomic E-state index is 0.207. The first-order valence-corrected chi connectivity index (χ1v) is 11.7. The summed E-state index contributed by atoms with van der Waals surface area (Å²) in [7, 11) is 0. The number of carbonyl (C=O) groups excluding carboxylic acids is 1. The number of nitrogens with zero attached hydrogens (tertiary/aromatic N) is 4.